The molecule has 0 fully saturated rings. The molecule has 0 spiro atoms. The molecule has 0 amide bonds. The van der Waals surface area contributed by atoms with Gasteiger partial charge in [-0.3, -0.25) is 4.79 Å². The zero-order valence-corrected chi connectivity index (χ0v) is 10.2. The maximum absolute atomic E-state index is 11.0. The first-order valence-electron chi connectivity index (χ1n) is 5.56. The predicted octanol–water partition coefficient (Wildman–Crippen LogP) is 0.864. The molecule has 1 aromatic heterocycles. The summed E-state index contributed by atoms with van der Waals surface area (Å²) in [6.45, 7) is 3.74. The third-order valence-corrected chi connectivity index (χ3v) is 2.01. The lowest BCUT2D eigenvalue weighted by atomic mass is 10.3. The van der Waals surface area contributed by atoms with Crippen LogP contribution in [0.1, 0.15) is 24.8 Å². The Morgan fingerprint density at radius 3 is 3.12 bits per heavy atom. The molecule has 1 N–H and O–H groups in total. The molecular weight excluding hydrogens is 224 g/mol. The van der Waals surface area contributed by atoms with Crippen molar-refractivity contribution in [2.24, 2.45) is 0 Å². The fraction of sp³-hybridized carbons (Fsp3) is 0.636. The molecule has 6 heteroatoms. The Hall–Kier alpha value is -1.40. The number of carbonyl (C=O) groups is 1. The Bertz CT molecular complexity index is 338. The quantitative estimate of drug-likeness (QED) is 0.538. The van der Waals surface area contributed by atoms with Crippen LogP contribution >= 0.6 is 0 Å². The Kier molecular flexibility index (Phi) is 6.27. The first-order chi connectivity index (χ1) is 8.26. The molecule has 0 bridgehead atoms. The average molecular weight is 242 g/mol. The summed E-state index contributed by atoms with van der Waals surface area (Å²) < 4.78 is 14.7. The van der Waals surface area contributed by atoms with Crippen molar-refractivity contribution >= 4 is 5.97 Å². The number of hydrogen-bond donors (Lipinski definition) is 1. The van der Waals surface area contributed by atoms with Gasteiger partial charge in [-0.25, -0.2) is 0 Å². The van der Waals surface area contributed by atoms with Crippen molar-refractivity contribution in [3.8, 4) is 0 Å². The number of esters is 1. The van der Waals surface area contributed by atoms with E-state index in [0.29, 0.717) is 38.5 Å². The van der Waals surface area contributed by atoms with Gasteiger partial charge in [-0.15, -0.1) is 0 Å². The number of aromatic nitrogens is 1. The van der Waals surface area contributed by atoms with Crippen LogP contribution in [0.25, 0.3) is 0 Å². The molecule has 0 saturated heterocycles. The highest BCUT2D eigenvalue weighted by atomic mass is 16.5. The summed E-state index contributed by atoms with van der Waals surface area (Å²) >= 11 is 0. The highest BCUT2D eigenvalue weighted by Gasteiger charge is 2.04. The van der Waals surface area contributed by atoms with Crippen LogP contribution in [0.4, 0.5) is 0 Å². The molecule has 17 heavy (non-hydrogen) atoms. The minimum Gasteiger partial charge on any atom is -0.466 e. The van der Waals surface area contributed by atoms with Gasteiger partial charge in [0.05, 0.1) is 18.7 Å². The van der Waals surface area contributed by atoms with Gasteiger partial charge >= 0.3 is 5.97 Å². The Morgan fingerprint density at radius 2 is 2.41 bits per heavy atom. The molecule has 0 aliphatic heterocycles. The van der Waals surface area contributed by atoms with Gasteiger partial charge in [0.25, 0.3) is 0 Å². The van der Waals surface area contributed by atoms with Crippen LogP contribution in [0, 0.1) is 0 Å². The lowest BCUT2D eigenvalue weighted by Gasteiger charge is -2.02. The molecule has 0 radical (unpaired) electrons. The van der Waals surface area contributed by atoms with Gasteiger partial charge in [-0.1, -0.05) is 5.16 Å². The van der Waals surface area contributed by atoms with Crippen LogP contribution in [-0.2, 0) is 27.4 Å². The Balaban J connectivity index is 2.15. The van der Waals surface area contributed by atoms with Crippen LogP contribution in [-0.4, -0.2) is 31.4 Å². The molecule has 0 aromatic carbocycles. The van der Waals surface area contributed by atoms with Crippen molar-refractivity contribution in [2.45, 2.75) is 26.5 Å². The summed E-state index contributed by atoms with van der Waals surface area (Å²) in [6.07, 6.45) is 0.358. The molecule has 1 rings (SSSR count). The van der Waals surface area contributed by atoms with Gasteiger partial charge in [0, 0.05) is 26.3 Å². The van der Waals surface area contributed by atoms with Crippen molar-refractivity contribution in [3.63, 3.8) is 0 Å². The van der Waals surface area contributed by atoms with E-state index in [1.165, 1.54) is 0 Å². The van der Waals surface area contributed by atoms with E-state index in [1.807, 2.05) is 6.07 Å². The minimum atomic E-state index is -0.194. The van der Waals surface area contributed by atoms with E-state index in [1.54, 1.807) is 14.0 Å². The summed E-state index contributed by atoms with van der Waals surface area (Å²) in [5, 5.41) is 6.94. The van der Waals surface area contributed by atoms with Crippen LogP contribution in [0.5, 0.6) is 0 Å². The zero-order valence-electron chi connectivity index (χ0n) is 10.2. The van der Waals surface area contributed by atoms with E-state index >= 15 is 0 Å². The van der Waals surface area contributed by atoms with Crippen LogP contribution in [0.2, 0.25) is 0 Å². The topological polar surface area (TPSA) is 73.6 Å². The number of nitrogens with one attached hydrogen (secondary N) is 1. The van der Waals surface area contributed by atoms with Crippen molar-refractivity contribution in [1.29, 1.82) is 0 Å². The van der Waals surface area contributed by atoms with Gasteiger partial charge < -0.3 is 19.3 Å². The SMILES string of the molecule is CCOC(=O)CCNCc1cc(COC)on1. The third-order valence-electron chi connectivity index (χ3n) is 2.01. The van der Waals surface area contributed by atoms with Crippen LogP contribution < -0.4 is 5.32 Å². The Labute approximate surface area is 100 Å². The fourth-order valence-electron chi connectivity index (χ4n) is 1.29. The molecule has 0 aliphatic carbocycles. The van der Waals surface area contributed by atoms with Gasteiger partial charge in [0.2, 0.25) is 0 Å². The number of methoxy groups -OCH3 is 1. The number of ether oxygens (including phenoxy) is 2. The zero-order chi connectivity index (χ0) is 12.5. The number of carbonyl (C=O) groups excluding carboxylic acids is 1. The second kappa shape index (κ2) is 7.81. The molecule has 0 atom stereocenters. The average Bonchev–Trinajstić information content (AvgIpc) is 2.73. The maximum atomic E-state index is 11.0. The largest absolute Gasteiger partial charge is 0.466 e. The molecule has 96 valence electrons. The lowest BCUT2D eigenvalue weighted by Crippen LogP contribution is -2.19. The molecule has 6 nitrogen and oxygen atoms in total. The molecule has 0 aliphatic rings. The fourth-order valence-corrected chi connectivity index (χ4v) is 1.29. The summed E-state index contributed by atoms with van der Waals surface area (Å²) in [5.41, 5.74) is 0.793. The van der Waals surface area contributed by atoms with Crippen molar-refractivity contribution in [3.05, 3.63) is 17.5 Å². The number of hydrogen-bond acceptors (Lipinski definition) is 6. The second-order valence-electron chi connectivity index (χ2n) is 3.45. The first kappa shape index (κ1) is 13.7. The van der Waals surface area contributed by atoms with E-state index in [0.717, 1.165) is 5.69 Å². The Morgan fingerprint density at radius 1 is 1.59 bits per heavy atom. The van der Waals surface area contributed by atoms with E-state index in [2.05, 4.69) is 10.5 Å². The lowest BCUT2D eigenvalue weighted by molar-refractivity contribution is -0.142. The van der Waals surface area contributed by atoms with Gasteiger partial charge in [0.1, 0.15) is 6.61 Å². The predicted molar refractivity (Wildman–Crippen MR) is 60.2 cm³/mol. The highest BCUT2D eigenvalue weighted by Crippen LogP contribution is 2.04. The maximum Gasteiger partial charge on any atom is 0.307 e. The normalized spacial score (nSPS) is 10.5. The number of rotatable bonds is 8. The summed E-state index contributed by atoms with van der Waals surface area (Å²) in [7, 11) is 1.60. The van der Waals surface area contributed by atoms with Crippen molar-refractivity contribution < 1.29 is 18.8 Å². The van der Waals surface area contributed by atoms with E-state index in [4.69, 9.17) is 14.0 Å². The number of nitrogens with zero attached hydrogens (tertiary/aromatic N) is 1. The summed E-state index contributed by atoms with van der Waals surface area (Å²) in [5.74, 6) is 0.495. The minimum absolute atomic E-state index is 0.194. The summed E-state index contributed by atoms with van der Waals surface area (Å²) in [4.78, 5) is 11.0. The molecule has 0 saturated carbocycles. The van der Waals surface area contributed by atoms with Crippen LogP contribution in [0.3, 0.4) is 0 Å². The van der Waals surface area contributed by atoms with E-state index in [9.17, 15) is 4.79 Å². The summed E-state index contributed by atoms with van der Waals surface area (Å²) in [6, 6.07) is 1.82. The van der Waals surface area contributed by atoms with E-state index in [-0.39, 0.29) is 5.97 Å². The van der Waals surface area contributed by atoms with Crippen LogP contribution in [0.15, 0.2) is 10.6 Å². The third kappa shape index (κ3) is 5.46. The molecule has 0 unspecified atom stereocenters. The van der Waals surface area contributed by atoms with Crippen molar-refractivity contribution in [2.75, 3.05) is 20.3 Å². The molecule has 1 heterocycles. The smallest absolute Gasteiger partial charge is 0.307 e. The highest BCUT2D eigenvalue weighted by molar-refractivity contribution is 5.69. The van der Waals surface area contributed by atoms with E-state index < -0.39 is 0 Å². The standard InChI is InChI=1S/C11H18N2O4/c1-3-16-11(14)4-5-12-7-9-6-10(8-15-2)17-13-9/h6,12H,3-5,7-8H2,1-2H3. The monoisotopic (exact) mass is 242 g/mol. The van der Waals surface area contributed by atoms with Crippen molar-refractivity contribution in [1.82, 2.24) is 10.5 Å². The van der Waals surface area contributed by atoms with Gasteiger partial charge in [0.15, 0.2) is 5.76 Å². The molecule has 1 aromatic rings. The van der Waals surface area contributed by atoms with Gasteiger partial charge in [-0.2, -0.15) is 0 Å². The second-order valence-corrected chi connectivity index (χ2v) is 3.45. The first-order valence-corrected chi connectivity index (χ1v) is 5.56. The van der Waals surface area contributed by atoms with Gasteiger partial charge in [-0.05, 0) is 6.92 Å². The molecular formula is C11H18N2O4.